The standard InChI is InChI=1S/C12H13ClN4O2.ClH/c13-10-2-1-9(17-12(18)19-8-15-17)7-11(10)16-5-3-14-4-6-16;/h1-2,7-8,14H,3-6H2;1H. The molecule has 6 nitrogen and oxygen atoms in total. The third-order valence-electron chi connectivity index (χ3n) is 3.12. The zero-order valence-corrected chi connectivity index (χ0v) is 12.2. The molecule has 0 radical (unpaired) electrons. The third kappa shape index (κ3) is 2.82. The van der Waals surface area contributed by atoms with Crippen LogP contribution < -0.4 is 16.0 Å². The molecule has 0 spiro atoms. The molecule has 1 aromatic carbocycles. The molecule has 2 heterocycles. The maximum atomic E-state index is 11.5. The van der Waals surface area contributed by atoms with Crippen LogP contribution in [0.1, 0.15) is 0 Å². The molecule has 0 saturated carbocycles. The van der Waals surface area contributed by atoms with E-state index in [4.69, 9.17) is 11.6 Å². The number of hydrogen-bond donors (Lipinski definition) is 1. The average Bonchev–Trinajstić information content (AvgIpc) is 2.87. The van der Waals surface area contributed by atoms with Gasteiger partial charge in [0.15, 0.2) is 0 Å². The van der Waals surface area contributed by atoms with Crippen molar-refractivity contribution in [3.63, 3.8) is 0 Å². The van der Waals surface area contributed by atoms with Crippen LogP contribution in [0.15, 0.2) is 33.8 Å². The van der Waals surface area contributed by atoms with Crippen molar-refractivity contribution in [2.45, 2.75) is 0 Å². The van der Waals surface area contributed by atoms with Crippen LogP contribution in [0, 0.1) is 0 Å². The quantitative estimate of drug-likeness (QED) is 0.905. The lowest BCUT2D eigenvalue weighted by atomic mass is 10.2. The molecule has 108 valence electrons. The average molecular weight is 317 g/mol. The Kier molecular flexibility index (Phi) is 4.69. The van der Waals surface area contributed by atoms with Gasteiger partial charge in [0.1, 0.15) is 0 Å². The first-order valence-electron chi connectivity index (χ1n) is 6.04. The second-order valence-electron chi connectivity index (χ2n) is 4.29. The molecule has 1 N–H and O–H groups in total. The largest absolute Gasteiger partial charge is 0.441 e. The van der Waals surface area contributed by atoms with Crippen molar-refractivity contribution in [3.8, 4) is 5.69 Å². The molecule has 0 bridgehead atoms. The van der Waals surface area contributed by atoms with Gasteiger partial charge in [-0.2, -0.15) is 4.68 Å². The molecule has 0 aliphatic carbocycles. The Hall–Kier alpha value is -1.50. The topological polar surface area (TPSA) is 63.3 Å². The van der Waals surface area contributed by atoms with Crippen LogP contribution in [0.2, 0.25) is 5.02 Å². The van der Waals surface area contributed by atoms with Gasteiger partial charge in [-0.3, -0.25) is 0 Å². The molecular weight excluding hydrogens is 303 g/mol. The fourth-order valence-electron chi connectivity index (χ4n) is 2.17. The van der Waals surface area contributed by atoms with Gasteiger partial charge >= 0.3 is 5.76 Å². The first-order chi connectivity index (χ1) is 9.25. The van der Waals surface area contributed by atoms with E-state index in [1.807, 2.05) is 6.07 Å². The minimum atomic E-state index is -0.506. The summed E-state index contributed by atoms with van der Waals surface area (Å²) < 4.78 is 5.88. The summed E-state index contributed by atoms with van der Waals surface area (Å²) in [5.41, 5.74) is 1.56. The second-order valence-corrected chi connectivity index (χ2v) is 4.70. The van der Waals surface area contributed by atoms with Gasteiger partial charge in [-0.15, -0.1) is 17.5 Å². The first-order valence-corrected chi connectivity index (χ1v) is 6.42. The van der Waals surface area contributed by atoms with Crippen LogP contribution in [0.3, 0.4) is 0 Å². The normalized spacial score (nSPS) is 14.9. The fourth-order valence-corrected chi connectivity index (χ4v) is 2.40. The molecule has 2 aromatic rings. The number of nitrogens with one attached hydrogen (secondary N) is 1. The van der Waals surface area contributed by atoms with E-state index in [-0.39, 0.29) is 12.4 Å². The van der Waals surface area contributed by atoms with E-state index in [0.717, 1.165) is 38.3 Å². The molecule has 0 atom stereocenters. The van der Waals surface area contributed by atoms with Crippen LogP contribution >= 0.6 is 24.0 Å². The van der Waals surface area contributed by atoms with E-state index in [0.29, 0.717) is 10.7 Å². The molecule has 1 fully saturated rings. The third-order valence-corrected chi connectivity index (χ3v) is 3.44. The molecule has 1 saturated heterocycles. The summed E-state index contributed by atoms with van der Waals surface area (Å²) in [5, 5.41) is 7.82. The molecular formula is C12H14Cl2N4O2. The lowest BCUT2D eigenvalue weighted by molar-refractivity contribution is 0.503. The zero-order valence-electron chi connectivity index (χ0n) is 10.6. The van der Waals surface area contributed by atoms with Crippen molar-refractivity contribution < 1.29 is 4.42 Å². The van der Waals surface area contributed by atoms with Gasteiger partial charge in [0, 0.05) is 26.2 Å². The summed E-state index contributed by atoms with van der Waals surface area (Å²) in [4.78, 5) is 13.7. The van der Waals surface area contributed by atoms with Gasteiger partial charge in [0.05, 0.1) is 16.4 Å². The van der Waals surface area contributed by atoms with Crippen molar-refractivity contribution in [2.75, 3.05) is 31.1 Å². The highest BCUT2D eigenvalue weighted by atomic mass is 35.5. The Balaban J connectivity index is 0.00000147. The van der Waals surface area contributed by atoms with E-state index in [1.54, 1.807) is 12.1 Å². The SMILES string of the molecule is Cl.O=c1ocnn1-c1ccc(Cl)c(N2CCNCC2)c1. The number of aromatic nitrogens is 2. The molecule has 0 unspecified atom stereocenters. The zero-order chi connectivity index (χ0) is 13.2. The van der Waals surface area contributed by atoms with E-state index >= 15 is 0 Å². The Bertz CT molecular complexity index is 634. The Morgan fingerprint density at radius 1 is 1.30 bits per heavy atom. The van der Waals surface area contributed by atoms with Crippen LogP contribution in [-0.2, 0) is 0 Å². The highest BCUT2D eigenvalue weighted by Crippen LogP contribution is 2.28. The van der Waals surface area contributed by atoms with Crippen LogP contribution in [0.25, 0.3) is 5.69 Å². The van der Waals surface area contributed by atoms with Crippen molar-refractivity contribution >= 4 is 29.7 Å². The predicted octanol–water partition coefficient (Wildman–Crippen LogP) is 1.31. The Morgan fingerprint density at radius 2 is 2.05 bits per heavy atom. The van der Waals surface area contributed by atoms with Crippen molar-refractivity contribution in [2.24, 2.45) is 0 Å². The van der Waals surface area contributed by atoms with Crippen LogP contribution in [-0.4, -0.2) is 36.0 Å². The number of rotatable bonds is 2. The highest BCUT2D eigenvalue weighted by molar-refractivity contribution is 6.33. The van der Waals surface area contributed by atoms with E-state index in [9.17, 15) is 4.79 Å². The minimum Gasteiger partial charge on any atom is -0.395 e. The summed E-state index contributed by atoms with van der Waals surface area (Å²) in [7, 11) is 0. The highest BCUT2D eigenvalue weighted by Gasteiger charge is 2.15. The van der Waals surface area contributed by atoms with Crippen LogP contribution in [0.5, 0.6) is 0 Å². The lowest BCUT2D eigenvalue weighted by Gasteiger charge is -2.30. The molecule has 1 aromatic heterocycles. The van der Waals surface area contributed by atoms with Crippen LogP contribution in [0.4, 0.5) is 5.69 Å². The number of nitrogens with zero attached hydrogens (tertiary/aromatic N) is 3. The van der Waals surface area contributed by atoms with Gasteiger partial charge in [-0.1, -0.05) is 11.6 Å². The minimum absolute atomic E-state index is 0. The summed E-state index contributed by atoms with van der Waals surface area (Å²) in [5.74, 6) is -0.506. The number of halogens is 2. The molecule has 3 rings (SSSR count). The Labute approximate surface area is 126 Å². The van der Waals surface area contributed by atoms with Gasteiger partial charge in [-0.05, 0) is 18.2 Å². The monoisotopic (exact) mass is 316 g/mol. The summed E-state index contributed by atoms with van der Waals surface area (Å²) in [6, 6.07) is 5.38. The number of benzene rings is 1. The maximum Gasteiger partial charge on any atom is 0.441 e. The number of hydrogen-bond acceptors (Lipinski definition) is 5. The van der Waals surface area contributed by atoms with Crippen molar-refractivity contribution in [1.29, 1.82) is 0 Å². The van der Waals surface area contributed by atoms with Crippen molar-refractivity contribution in [1.82, 2.24) is 15.1 Å². The van der Waals surface area contributed by atoms with E-state index in [1.165, 1.54) is 4.68 Å². The lowest BCUT2D eigenvalue weighted by Crippen LogP contribution is -2.43. The van der Waals surface area contributed by atoms with Gasteiger partial charge in [-0.25, -0.2) is 4.79 Å². The summed E-state index contributed by atoms with van der Waals surface area (Å²) >= 11 is 6.24. The second kappa shape index (κ2) is 6.30. The fraction of sp³-hybridized carbons (Fsp3) is 0.333. The predicted molar refractivity (Wildman–Crippen MR) is 79.4 cm³/mol. The molecule has 8 heteroatoms. The number of anilines is 1. The molecule has 1 aliphatic rings. The Morgan fingerprint density at radius 3 is 2.70 bits per heavy atom. The molecule has 0 amide bonds. The van der Waals surface area contributed by atoms with E-state index < -0.39 is 5.76 Å². The van der Waals surface area contributed by atoms with Gasteiger partial charge < -0.3 is 14.6 Å². The molecule has 20 heavy (non-hydrogen) atoms. The van der Waals surface area contributed by atoms with Gasteiger partial charge in [0.2, 0.25) is 6.39 Å². The summed E-state index contributed by atoms with van der Waals surface area (Å²) in [6.07, 6.45) is 1.13. The first kappa shape index (κ1) is 14.9. The smallest absolute Gasteiger partial charge is 0.395 e. The number of piperazine rings is 1. The van der Waals surface area contributed by atoms with Crippen molar-refractivity contribution in [3.05, 3.63) is 40.2 Å². The molecule has 1 aliphatic heterocycles. The van der Waals surface area contributed by atoms with E-state index in [2.05, 4.69) is 19.7 Å². The maximum absolute atomic E-state index is 11.5. The van der Waals surface area contributed by atoms with Gasteiger partial charge in [0.25, 0.3) is 0 Å². The summed E-state index contributed by atoms with van der Waals surface area (Å²) in [6.45, 7) is 3.61.